The highest BCUT2D eigenvalue weighted by molar-refractivity contribution is 6.18. The molecule has 0 aliphatic heterocycles. The van der Waals surface area contributed by atoms with Gasteiger partial charge in [-0.2, -0.15) is 0 Å². The van der Waals surface area contributed by atoms with Crippen LogP contribution in [-0.2, 0) is 4.79 Å². The number of nitrogens with one attached hydrogen (secondary N) is 2. The van der Waals surface area contributed by atoms with Crippen LogP contribution in [0.5, 0.6) is 0 Å². The zero-order valence-corrected chi connectivity index (χ0v) is 11.4. The van der Waals surface area contributed by atoms with Crippen molar-refractivity contribution >= 4 is 28.9 Å². The van der Waals surface area contributed by atoms with Gasteiger partial charge in [-0.05, 0) is 24.6 Å². The monoisotopic (exact) mass is 270 g/mol. The highest BCUT2D eigenvalue weighted by atomic mass is 35.5. The molecule has 0 saturated carbocycles. The highest BCUT2D eigenvalue weighted by Gasteiger charge is 2.07. The number of aliphatic hydroxyl groups is 1. The van der Waals surface area contributed by atoms with Crippen molar-refractivity contribution in [3.63, 3.8) is 0 Å². The molecule has 1 rings (SSSR count). The van der Waals surface area contributed by atoms with E-state index in [9.17, 15) is 9.90 Å². The molecule has 1 amide bonds. The number of benzene rings is 1. The summed E-state index contributed by atoms with van der Waals surface area (Å²) >= 11 is 5.54. The zero-order chi connectivity index (χ0) is 13.5. The summed E-state index contributed by atoms with van der Waals surface area (Å²) in [5.74, 6) is 0.134. The van der Waals surface area contributed by atoms with E-state index in [0.717, 1.165) is 11.3 Å². The van der Waals surface area contributed by atoms with Crippen LogP contribution in [0.1, 0.15) is 18.9 Å². The highest BCUT2D eigenvalue weighted by Crippen LogP contribution is 2.23. The van der Waals surface area contributed by atoms with Gasteiger partial charge in [0, 0.05) is 13.0 Å². The Hall–Kier alpha value is -1.26. The van der Waals surface area contributed by atoms with Gasteiger partial charge in [0.25, 0.3) is 0 Å². The third kappa shape index (κ3) is 4.55. The topological polar surface area (TPSA) is 61.4 Å². The van der Waals surface area contributed by atoms with E-state index in [1.54, 1.807) is 6.92 Å². The minimum atomic E-state index is -0.609. The fourth-order valence-corrected chi connectivity index (χ4v) is 1.54. The SMILES string of the molecule is CCC(=O)Nc1ccc(C)cc1NCC(O)CCl. The third-order valence-electron chi connectivity index (χ3n) is 2.48. The van der Waals surface area contributed by atoms with E-state index in [1.165, 1.54) is 0 Å². The molecule has 4 nitrogen and oxygen atoms in total. The average molecular weight is 271 g/mol. The van der Waals surface area contributed by atoms with Gasteiger partial charge in [0.15, 0.2) is 0 Å². The second-order valence-corrected chi connectivity index (χ2v) is 4.45. The molecule has 0 spiro atoms. The van der Waals surface area contributed by atoms with E-state index in [2.05, 4.69) is 10.6 Å². The lowest BCUT2D eigenvalue weighted by Crippen LogP contribution is -2.21. The lowest BCUT2D eigenvalue weighted by molar-refractivity contribution is -0.115. The quantitative estimate of drug-likeness (QED) is 0.696. The van der Waals surface area contributed by atoms with Gasteiger partial charge in [0.2, 0.25) is 5.91 Å². The van der Waals surface area contributed by atoms with Gasteiger partial charge in [-0.1, -0.05) is 13.0 Å². The first kappa shape index (κ1) is 14.8. The van der Waals surface area contributed by atoms with Gasteiger partial charge in [-0.15, -0.1) is 11.6 Å². The van der Waals surface area contributed by atoms with Crippen molar-refractivity contribution in [3.8, 4) is 0 Å². The molecule has 1 unspecified atom stereocenters. The fourth-order valence-electron chi connectivity index (χ4n) is 1.43. The van der Waals surface area contributed by atoms with E-state index in [0.29, 0.717) is 18.7 Å². The largest absolute Gasteiger partial charge is 0.390 e. The van der Waals surface area contributed by atoms with Crippen LogP contribution in [0.3, 0.4) is 0 Å². The Bertz CT molecular complexity index is 410. The van der Waals surface area contributed by atoms with Crippen molar-refractivity contribution in [1.82, 2.24) is 0 Å². The molecule has 0 aliphatic rings. The summed E-state index contributed by atoms with van der Waals surface area (Å²) in [6.45, 7) is 4.12. The van der Waals surface area contributed by atoms with Gasteiger partial charge in [-0.3, -0.25) is 4.79 Å². The third-order valence-corrected chi connectivity index (χ3v) is 2.83. The Labute approximate surface area is 112 Å². The van der Waals surface area contributed by atoms with Crippen LogP contribution in [0.25, 0.3) is 0 Å². The fraction of sp³-hybridized carbons (Fsp3) is 0.462. The number of carbonyl (C=O) groups excluding carboxylic acids is 1. The molecule has 1 aromatic rings. The molecule has 5 heteroatoms. The van der Waals surface area contributed by atoms with E-state index in [4.69, 9.17) is 11.6 Å². The van der Waals surface area contributed by atoms with Crippen molar-refractivity contribution in [2.45, 2.75) is 26.4 Å². The maximum atomic E-state index is 11.4. The van der Waals surface area contributed by atoms with Crippen molar-refractivity contribution in [2.24, 2.45) is 0 Å². The van der Waals surface area contributed by atoms with Crippen molar-refractivity contribution in [2.75, 3.05) is 23.1 Å². The number of hydrogen-bond donors (Lipinski definition) is 3. The van der Waals surface area contributed by atoms with Gasteiger partial charge >= 0.3 is 0 Å². The summed E-state index contributed by atoms with van der Waals surface area (Å²) in [4.78, 5) is 11.4. The van der Waals surface area contributed by atoms with Crippen LogP contribution in [0, 0.1) is 6.92 Å². The molecule has 0 aromatic heterocycles. The number of hydrogen-bond acceptors (Lipinski definition) is 3. The van der Waals surface area contributed by atoms with Crippen LogP contribution < -0.4 is 10.6 Å². The maximum absolute atomic E-state index is 11.4. The molecule has 18 heavy (non-hydrogen) atoms. The van der Waals surface area contributed by atoms with Crippen LogP contribution in [0.4, 0.5) is 11.4 Å². The zero-order valence-electron chi connectivity index (χ0n) is 10.7. The van der Waals surface area contributed by atoms with E-state index >= 15 is 0 Å². The molecule has 3 N–H and O–H groups in total. The van der Waals surface area contributed by atoms with Crippen LogP contribution >= 0.6 is 11.6 Å². The van der Waals surface area contributed by atoms with Crippen molar-refractivity contribution < 1.29 is 9.90 Å². The lowest BCUT2D eigenvalue weighted by Gasteiger charge is -2.15. The maximum Gasteiger partial charge on any atom is 0.224 e. The standard InChI is InChI=1S/C13H19ClN2O2/c1-3-13(18)16-11-5-4-9(2)6-12(11)15-8-10(17)7-14/h4-6,10,15,17H,3,7-8H2,1-2H3,(H,16,18). The Morgan fingerprint density at radius 3 is 2.78 bits per heavy atom. The summed E-state index contributed by atoms with van der Waals surface area (Å²) in [5.41, 5.74) is 2.59. The first-order chi connectivity index (χ1) is 8.56. The second-order valence-electron chi connectivity index (χ2n) is 4.14. The molecule has 100 valence electrons. The van der Waals surface area contributed by atoms with Gasteiger partial charge in [0.05, 0.1) is 23.4 Å². The van der Waals surface area contributed by atoms with E-state index in [-0.39, 0.29) is 11.8 Å². The minimum Gasteiger partial charge on any atom is -0.390 e. The number of rotatable bonds is 6. The molecule has 0 fully saturated rings. The van der Waals surface area contributed by atoms with E-state index in [1.807, 2.05) is 25.1 Å². The second kappa shape index (κ2) is 7.24. The van der Waals surface area contributed by atoms with Gasteiger partial charge in [0.1, 0.15) is 0 Å². The molecule has 0 aliphatic carbocycles. The Morgan fingerprint density at radius 2 is 2.17 bits per heavy atom. The normalized spacial score (nSPS) is 12.0. The summed E-state index contributed by atoms with van der Waals surface area (Å²) in [6, 6.07) is 5.69. The predicted molar refractivity (Wildman–Crippen MR) is 75.3 cm³/mol. The van der Waals surface area contributed by atoms with Crippen LogP contribution in [0.15, 0.2) is 18.2 Å². The Balaban J connectivity index is 2.79. The molecular formula is C13H19ClN2O2. The number of aryl methyl sites for hydroxylation is 1. The number of carbonyl (C=O) groups is 1. The van der Waals surface area contributed by atoms with Crippen LogP contribution in [0.2, 0.25) is 0 Å². The molecule has 1 atom stereocenters. The number of aliphatic hydroxyl groups excluding tert-OH is 1. The molecule has 1 aromatic carbocycles. The first-order valence-electron chi connectivity index (χ1n) is 5.95. The van der Waals surface area contributed by atoms with Crippen molar-refractivity contribution in [1.29, 1.82) is 0 Å². The summed E-state index contributed by atoms with van der Waals surface area (Å²) in [5, 5.41) is 15.3. The smallest absolute Gasteiger partial charge is 0.224 e. The number of halogens is 1. The number of anilines is 2. The number of alkyl halides is 1. The van der Waals surface area contributed by atoms with Gasteiger partial charge < -0.3 is 15.7 Å². The number of amides is 1. The average Bonchev–Trinajstić information content (AvgIpc) is 2.38. The molecule has 0 saturated heterocycles. The first-order valence-corrected chi connectivity index (χ1v) is 6.48. The minimum absolute atomic E-state index is 0.0419. The summed E-state index contributed by atoms with van der Waals surface area (Å²) < 4.78 is 0. The van der Waals surface area contributed by atoms with Crippen molar-refractivity contribution in [3.05, 3.63) is 23.8 Å². The summed E-state index contributed by atoms with van der Waals surface area (Å²) in [7, 11) is 0. The molecular weight excluding hydrogens is 252 g/mol. The van der Waals surface area contributed by atoms with E-state index < -0.39 is 6.10 Å². The molecule has 0 radical (unpaired) electrons. The molecule has 0 heterocycles. The lowest BCUT2D eigenvalue weighted by atomic mass is 10.2. The predicted octanol–water partition coefficient (Wildman–Crippen LogP) is 2.36. The summed E-state index contributed by atoms with van der Waals surface area (Å²) in [6.07, 6.45) is -0.181. The Morgan fingerprint density at radius 1 is 1.44 bits per heavy atom. The Kier molecular flexibility index (Phi) is 5.95. The molecule has 0 bridgehead atoms. The van der Waals surface area contributed by atoms with Gasteiger partial charge in [-0.25, -0.2) is 0 Å². The van der Waals surface area contributed by atoms with Crippen LogP contribution in [-0.4, -0.2) is 29.5 Å².